The lowest BCUT2D eigenvalue weighted by atomic mass is 10.4. The van der Waals surface area contributed by atoms with Crippen LogP contribution >= 0.6 is 15.9 Å². The number of rotatable bonds is 1. The minimum Gasteiger partial charge on any atom is -0.240 e. The normalized spacial score (nSPS) is 10.1. The van der Waals surface area contributed by atoms with E-state index in [-0.39, 0.29) is 5.69 Å². The van der Waals surface area contributed by atoms with Crippen molar-refractivity contribution < 1.29 is 0 Å². The molecule has 2 rings (SSSR count). The lowest BCUT2D eigenvalue weighted by molar-refractivity contribution is 0.794. The van der Waals surface area contributed by atoms with Crippen molar-refractivity contribution in [3.8, 4) is 11.9 Å². The Morgan fingerprint density at radius 2 is 2.00 bits per heavy atom. The highest BCUT2D eigenvalue weighted by atomic mass is 79.9. The largest absolute Gasteiger partial charge is 0.240 e. The Morgan fingerprint density at radius 3 is 2.56 bits per heavy atom. The molecule has 0 unspecified atom stereocenters. The van der Waals surface area contributed by atoms with Crippen molar-refractivity contribution in [1.82, 2.24) is 19.7 Å². The smallest absolute Gasteiger partial charge is 0.190 e. The molecular weight excluding hydrogens is 270 g/mol. The molecule has 2 heterocycles. The maximum absolute atomic E-state index is 8.94. The molecule has 0 radical (unpaired) electrons. The third-order valence-electron chi connectivity index (χ3n) is 2.19. The topological polar surface area (TPSA) is 67.4 Å². The summed E-state index contributed by atoms with van der Waals surface area (Å²) in [4.78, 5) is 8.08. The first-order chi connectivity index (χ1) is 7.65. The van der Waals surface area contributed by atoms with Crippen LogP contribution in [0.4, 0.5) is 0 Å². The van der Waals surface area contributed by atoms with Crippen LogP contribution in [0.15, 0.2) is 16.9 Å². The van der Waals surface area contributed by atoms with Gasteiger partial charge in [0.2, 0.25) is 0 Å². The maximum atomic E-state index is 8.94. The van der Waals surface area contributed by atoms with Gasteiger partial charge in [0.15, 0.2) is 11.5 Å². The Morgan fingerprint density at radius 1 is 1.31 bits per heavy atom. The molecule has 5 nitrogen and oxygen atoms in total. The number of hydrogen-bond donors (Lipinski definition) is 0. The molecule has 6 heteroatoms. The molecule has 2 aromatic rings. The number of aromatic nitrogens is 4. The van der Waals surface area contributed by atoms with Crippen molar-refractivity contribution in [1.29, 1.82) is 5.26 Å². The van der Waals surface area contributed by atoms with Crippen molar-refractivity contribution in [3.63, 3.8) is 0 Å². The van der Waals surface area contributed by atoms with Gasteiger partial charge in [0.25, 0.3) is 0 Å². The van der Waals surface area contributed by atoms with E-state index >= 15 is 0 Å². The molecule has 80 valence electrons. The summed E-state index contributed by atoms with van der Waals surface area (Å²) in [6.07, 6.45) is 3.03. The Bertz CT molecular complexity index is 581. The number of nitrogens with zero attached hydrogens (tertiary/aromatic N) is 5. The van der Waals surface area contributed by atoms with E-state index in [0.29, 0.717) is 5.82 Å². The molecule has 0 spiro atoms. The fourth-order valence-electron chi connectivity index (χ4n) is 1.39. The molecular formula is C10H8BrN5. The highest BCUT2D eigenvalue weighted by molar-refractivity contribution is 9.10. The first-order valence-corrected chi connectivity index (χ1v) is 5.37. The Kier molecular flexibility index (Phi) is 2.71. The molecule has 2 aromatic heterocycles. The summed E-state index contributed by atoms with van der Waals surface area (Å²) < 4.78 is 2.53. The van der Waals surface area contributed by atoms with Crippen molar-refractivity contribution >= 4 is 15.9 Å². The maximum Gasteiger partial charge on any atom is 0.190 e. The molecule has 0 bridgehead atoms. The van der Waals surface area contributed by atoms with Gasteiger partial charge in [0.05, 0.1) is 15.9 Å². The number of aryl methyl sites for hydroxylation is 1. The fraction of sp³-hybridized carbons (Fsp3) is 0.200. The first kappa shape index (κ1) is 10.8. The Labute approximate surface area is 101 Å². The van der Waals surface area contributed by atoms with Gasteiger partial charge in [-0.15, -0.1) is 0 Å². The van der Waals surface area contributed by atoms with E-state index in [0.717, 1.165) is 15.9 Å². The van der Waals surface area contributed by atoms with Crippen molar-refractivity contribution in [2.24, 2.45) is 0 Å². The van der Waals surface area contributed by atoms with Gasteiger partial charge in [-0.2, -0.15) is 10.4 Å². The second kappa shape index (κ2) is 4.02. The van der Waals surface area contributed by atoms with Gasteiger partial charge in [-0.3, -0.25) is 0 Å². The first-order valence-electron chi connectivity index (χ1n) is 4.58. The summed E-state index contributed by atoms with van der Waals surface area (Å²) in [5, 5.41) is 13.2. The third kappa shape index (κ3) is 1.59. The second-order valence-corrected chi connectivity index (χ2v) is 4.03. The van der Waals surface area contributed by atoms with Crippen molar-refractivity contribution in [3.05, 3.63) is 33.9 Å². The number of halogens is 1. The van der Waals surface area contributed by atoms with E-state index < -0.39 is 0 Å². The van der Waals surface area contributed by atoms with Crippen LogP contribution in [0, 0.1) is 25.2 Å². The zero-order chi connectivity index (χ0) is 11.7. The number of nitriles is 1. The zero-order valence-electron chi connectivity index (χ0n) is 8.77. The molecule has 0 fully saturated rings. The summed E-state index contributed by atoms with van der Waals surface area (Å²) in [5.41, 5.74) is 2.02. The third-order valence-corrected chi connectivity index (χ3v) is 3.34. The van der Waals surface area contributed by atoms with Crippen LogP contribution in [-0.4, -0.2) is 19.7 Å². The van der Waals surface area contributed by atoms with Crippen LogP contribution in [-0.2, 0) is 0 Å². The van der Waals surface area contributed by atoms with Crippen LogP contribution in [0.1, 0.15) is 17.1 Å². The monoisotopic (exact) mass is 277 g/mol. The highest BCUT2D eigenvalue weighted by Gasteiger charge is 2.14. The molecule has 0 N–H and O–H groups in total. The van der Waals surface area contributed by atoms with Gasteiger partial charge < -0.3 is 0 Å². The van der Waals surface area contributed by atoms with Crippen LogP contribution in [0.25, 0.3) is 5.82 Å². The SMILES string of the molecule is Cc1nn(-c2nccnc2C#N)c(C)c1Br. The van der Waals surface area contributed by atoms with E-state index in [1.807, 2.05) is 19.9 Å². The Hall–Kier alpha value is -1.74. The van der Waals surface area contributed by atoms with E-state index in [2.05, 4.69) is 31.0 Å². The Balaban J connectivity index is 2.69. The van der Waals surface area contributed by atoms with E-state index in [4.69, 9.17) is 5.26 Å². The van der Waals surface area contributed by atoms with E-state index in [9.17, 15) is 0 Å². The van der Waals surface area contributed by atoms with Crippen molar-refractivity contribution in [2.45, 2.75) is 13.8 Å². The van der Waals surface area contributed by atoms with Gasteiger partial charge in [-0.05, 0) is 29.8 Å². The number of hydrogen-bond acceptors (Lipinski definition) is 4. The molecule has 0 saturated heterocycles. The van der Waals surface area contributed by atoms with Gasteiger partial charge in [0.1, 0.15) is 6.07 Å². The average Bonchev–Trinajstić information content (AvgIpc) is 2.57. The summed E-state index contributed by atoms with van der Waals surface area (Å²) >= 11 is 3.43. The van der Waals surface area contributed by atoms with Crippen LogP contribution in [0.2, 0.25) is 0 Å². The molecule has 16 heavy (non-hydrogen) atoms. The zero-order valence-corrected chi connectivity index (χ0v) is 10.4. The van der Waals surface area contributed by atoms with E-state index in [1.54, 1.807) is 10.9 Å². The van der Waals surface area contributed by atoms with Gasteiger partial charge in [-0.1, -0.05) is 0 Å². The predicted molar refractivity (Wildman–Crippen MR) is 61.0 cm³/mol. The van der Waals surface area contributed by atoms with Crippen LogP contribution < -0.4 is 0 Å². The summed E-state index contributed by atoms with van der Waals surface area (Å²) in [5.74, 6) is 0.455. The van der Waals surface area contributed by atoms with Crippen molar-refractivity contribution in [2.75, 3.05) is 0 Å². The lowest BCUT2D eigenvalue weighted by Gasteiger charge is -2.03. The van der Waals surface area contributed by atoms with Crippen LogP contribution in [0.3, 0.4) is 0 Å². The van der Waals surface area contributed by atoms with Gasteiger partial charge in [0, 0.05) is 12.4 Å². The average molecular weight is 278 g/mol. The minimum atomic E-state index is 0.264. The predicted octanol–water partition coefficient (Wildman–Crippen LogP) is 1.91. The standard InChI is InChI=1S/C10H8BrN5/c1-6-9(11)7(2)16(15-6)10-8(5-12)13-3-4-14-10/h3-4H,1-2H3. The highest BCUT2D eigenvalue weighted by Crippen LogP contribution is 2.22. The molecule has 0 atom stereocenters. The van der Waals surface area contributed by atoms with Gasteiger partial charge in [-0.25, -0.2) is 14.6 Å². The molecule has 0 aliphatic heterocycles. The lowest BCUT2D eigenvalue weighted by Crippen LogP contribution is -2.05. The molecule has 0 aromatic carbocycles. The second-order valence-electron chi connectivity index (χ2n) is 3.24. The minimum absolute atomic E-state index is 0.264. The fourth-order valence-corrected chi connectivity index (χ4v) is 1.64. The van der Waals surface area contributed by atoms with Crippen LogP contribution in [0.5, 0.6) is 0 Å². The molecule has 0 amide bonds. The summed E-state index contributed by atoms with van der Waals surface area (Å²) in [6, 6.07) is 2.00. The molecule has 0 saturated carbocycles. The molecule has 0 aliphatic rings. The van der Waals surface area contributed by atoms with Gasteiger partial charge >= 0.3 is 0 Å². The van der Waals surface area contributed by atoms with E-state index in [1.165, 1.54) is 6.20 Å². The molecule has 0 aliphatic carbocycles. The quantitative estimate of drug-likeness (QED) is 0.799. The summed E-state index contributed by atoms with van der Waals surface area (Å²) in [6.45, 7) is 3.79. The summed E-state index contributed by atoms with van der Waals surface area (Å²) in [7, 11) is 0.